The molecule has 32 heavy (non-hydrogen) atoms. The number of methoxy groups -OCH3 is 1. The third kappa shape index (κ3) is 6.77. The number of hydrogen-bond donors (Lipinski definition) is 1. The van der Waals surface area contributed by atoms with Crippen LogP contribution in [0.2, 0.25) is 0 Å². The molecule has 3 aromatic rings. The van der Waals surface area contributed by atoms with Crippen molar-refractivity contribution in [2.24, 2.45) is 0 Å². The monoisotopic (exact) mass is 435 g/mol. The van der Waals surface area contributed by atoms with Crippen molar-refractivity contribution < 1.29 is 28.5 Å². The molecule has 0 heterocycles. The van der Waals surface area contributed by atoms with Crippen LogP contribution in [0, 0.1) is 13.8 Å². The van der Waals surface area contributed by atoms with E-state index in [-0.39, 0.29) is 24.7 Å². The molecule has 0 unspecified atom stereocenters. The minimum atomic E-state index is -0.609. The molecule has 0 saturated carbocycles. The molecule has 3 rings (SSSR count). The second-order valence-corrected chi connectivity index (χ2v) is 7.09. The van der Waals surface area contributed by atoms with Crippen LogP contribution in [0.1, 0.15) is 11.1 Å². The zero-order chi connectivity index (χ0) is 22.9. The first kappa shape index (κ1) is 22.7. The molecule has 7 nitrogen and oxygen atoms in total. The molecule has 0 fully saturated rings. The molecule has 0 aliphatic rings. The van der Waals surface area contributed by atoms with Crippen LogP contribution in [0.3, 0.4) is 0 Å². The van der Waals surface area contributed by atoms with Gasteiger partial charge < -0.3 is 24.3 Å². The van der Waals surface area contributed by atoms with Gasteiger partial charge >= 0.3 is 5.97 Å². The van der Waals surface area contributed by atoms with Crippen LogP contribution in [0.25, 0.3) is 0 Å². The summed E-state index contributed by atoms with van der Waals surface area (Å²) in [6, 6.07) is 19.4. The molecule has 0 spiro atoms. The first-order chi connectivity index (χ1) is 15.4. The highest BCUT2D eigenvalue weighted by atomic mass is 16.6. The van der Waals surface area contributed by atoms with Crippen LogP contribution in [0.5, 0.6) is 23.0 Å². The summed E-state index contributed by atoms with van der Waals surface area (Å²) in [7, 11) is 1.50. The van der Waals surface area contributed by atoms with Gasteiger partial charge in [0.15, 0.2) is 19.0 Å². The number of hydrogen-bond acceptors (Lipinski definition) is 6. The highest BCUT2D eigenvalue weighted by Crippen LogP contribution is 2.29. The van der Waals surface area contributed by atoms with Gasteiger partial charge in [-0.15, -0.1) is 0 Å². The molecule has 0 aliphatic carbocycles. The van der Waals surface area contributed by atoms with E-state index in [4.69, 9.17) is 18.9 Å². The number of anilines is 1. The molecular weight excluding hydrogens is 410 g/mol. The number of nitrogens with one attached hydrogen (secondary N) is 1. The second kappa shape index (κ2) is 10.9. The van der Waals surface area contributed by atoms with E-state index in [0.29, 0.717) is 17.2 Å². The fourth-order valence-electron chi connectivity index (χ4n) is 2.72. The molecule has 3 aromatic carbocycles. The largest absolute Gasteiger partial charge is 0.497 e. The fourth-order valence-corrected chi connectivity index (χ4v) is 2.72. The van der Waals surface area contributed by atoms with Crippen molar-refractivity contribution in [3.05, 3.63) is 77.9 Å². The maximum Gasteiger partial charge on any atom is 0.349 e. The maximum atomic E-state index is 12.4. The maximum absolute atomic E-state index is 12.4. The number of esters is 1. The van der Waals surface area contributed by atoms with Gasteiger partial charge in [-0.3, -0.25) is 4.79 Å². The predicted molar refractivity (Wildman–Crippen MR) is 121 cm³/mol. The van der Waals surface area contributed by atoms with Crippen LogP contribution in [0.4, 0.5) is 5.69 Å². The van der Waals surface area contributed by atoms with Crippen molar-refractivity contribution in [3.8, 4) is 23.0 Å². The Kier molecular flexibility index (Phi) is 7.70. The topological polar surface area (TPSA) is 83.1 Å². The summed E-state index contributed by atoms with van der Waals surface area (Å²) in [5.41, 5.74) is 2.46. The van der Waals surface area contributed by atoms with E-state index in [2.05, 4.69) is 5.32 Å². The van der Waals surface area contributed by atoms with Crippen LogP contribution in [0.15, 0.2) is 66.7 Å². The van der Waals surface area contributed by atoms with Gasteiger partial charge in [0.05, 0.1) is 12.8 Å². The van der Waals surface area contributed by atoms with E-state index < -0.39 is 11.9 Å². The molecule has 0 radical (unpaired) electrons. The zero-order valence-corrected chi connectivity index (χ0v) is 18.2. The predicted octanol–water partition coefficient (Wildman–Crippen LogP) is 4.31. The minimum Gasteiger partial charge on any atom is -0.497 e. The van der Waals surface area contributed by atoms with E-state index in [9.17, 15) is 9.59 Å². The summed E-state index contributed by atoms with van der Waals surface area (Å²) in [4.78, 5) is 24.7. The lowest BCUT2D eigenvalue weighted by atomic mass is 10.2. The van der Waals surface area contributed by atoms with E-state index in [0.717, 1.165) is 11.1 Å². The first-order valence-corrected chi connectivity index (χ1v) is 10.0. The van der Waals surface area contributed by atoms with Gasteiger partial charge in [0.2, 0.25) is 0 Å². The van der Waals surface area contributed by atoms with Gasteiger partial charge in [-0.1, -0.05) is 35.4 Å². The van der Waals surface area contributed by atoms with Crippen LogP contribution in [-0.2, 0) is 9.59 Å². The van der Waals surface area contributed by atoms with Gasteiger partial charge in [0.1, 0.15) is 17.2 Å². The second-order valence-electron chi connectivity index (χ2n) is 7.09. The van der Waals surface area contributed by atoms with Gasteiger partial charge in [0.25, 0.3) is 5.91 Å². The number of benzene rings is 3. The Balaban J connectivity index is 1.60. The molecule has 0 atom stereocenters. The third-order valence-electron chi connectivity index (χ3n) is 4.45. The van der Waals surface area contributed by atoms with Crippen molar-refractivity contribution in [2.45, 2.75) is 13.8 Å². The highest BCUT2D eigenvalue weighted by Gasteiger charge is 2.14. The molecule has 0 aromatic heterocycles. The molecule has 1 amide bonds. The van der Waals surface area contributed by atoms with Gasteiger partial charge in [-0.05, 0) is 50.2 Å². The third-order valence-corrected chi connectivity index (χ3v) is 4.45. The fraction of sp³-hybridized carbons (Fsp3) is 0.200. The van der Waals surface area contributed by atoms with Crippen LogP contribution >= 0.6 is 0 Å². The lowest BCUT2D eigenvalue weighted by Gasteiger charge is -2.14. The first-order valence-electron chi connectivity index (χ1n) is 10.0. The van der Waals surface area contributed by atoms with Crippen molar-refractivity contribution in [1.29, 1.82) is 0 Å². The van der Waals surface area contributed by atoms with Crippen LogP contribution in [-0.4, -0.2) is 32.2 Å². The number of rotatable bonds is 9. The number of aryl methyl sites for hydroxylation is 2. The molecule has 7 heteroatoms. The summed E-state index contributed by atoms with van der Waals surface area (Å²) in [5, 5.41) is 2.69. The van der Waals surface area contributed by atoms with E-state index in [1.54, 1.807) is 42.5 Å². The molecular formula is C25H25NO6. The molecule has 1 N–H and O–H groups in total. The van der Waals surface area contributed by atoms with E-state index >= 15 is 0 Å². The minimum absolute atomic E-state index is 0.173. The van der Waals surface area contributed by atoms with Crippen molar-refractivity contribution >= 4 is 17.6 Å². The Morgan fingerprint density at radius 2 is 1.28 bits per heavy atom. The number of amides is 1. The standard InChI is InChI=1S/C25H25NO6/c1-17-4-8-19(9-5-17)30-15-24(27)26-22-14-21(29-3)12-13-23(22)32-25(28)16-31-20-10-6-18(2)7-11-20/h4-14H,15-16H2,1-3H3,(H,26,27). The smallest absolute Gasteiger partial charge is 0.349 e. The van der Waals surface area contributed by atoms with Gasteiger partial charge in [0, 0.05) is 6.07 Å². The number of carbonyl (C=O) groups is 2. The van der Waals surface area contributed by atoms with Crippen LogP contribution < -0.4 is 24.3 Å². The van der Waals surface area contributed by atoms with Gasteiger partial charge in [-0.25, -0.2) is 4.79 Å². The summed E-state index contributed by atoms with van der Waals surface area (Å²) in [6.07, 6.45) is 0. The van der Waals surface area contributed by atoms with Crippen molar-refractivity contribution in [2.75, 3.05) is 25.6 Å². The zero-order valence-electron chi connectivity index (χ0n) is 18.2. The number of ether oxygens (including phenoxy) is 4. The average Bonchev–Trinajstić information content (AvgIpc) is 2.79. The Labute approximate surface area is 186 Å². The quantitative estimate of drug-likeness (QED) is 0.398. The number of carbonyl (C=O) groups excluding carboxylic acids is 2. The van der Waals surface area contributed by atoms with E-state index in [1.807, 2.05) is 38.1 Å². The Morgan fingerprint density at radius 3 is 1.84 bits per heavy atom. The lowest BCUT2D eigenvalue weighted by Crippen LogP contribution is -2.22. The molecule has 166 valence electrons. The molecule has 0 bridgehead atoms. The normalized spacial score (nSPS) is 10.2. The Bertz CT molecular complexity index is 1060. The SMILES string of the molecule is COc1ccc(OC(=O)COc2ccc(C)cc2)c(NC(=O)COc2ccc(C)cc2)c1. The molecule has 0 saturated heterocycles. The summed E-state index contributed by atoms with van der Waals surface area (Å²) in [6.45, 7) is 3.44. The Hall–Kier alpha value is -4.00. The van der Waals surface area contributed by atoms with Gasteiger partial charge in [-0.2, -0.15) is 0 Å². The average molecular weight is 435 g/mol. The lowest BCUT2D eigenvalue weighted by molar-refractivity contribution is -0.136. The summed E-state index contributed by atoms with van der Waals surface area (Å²) >= 11 is 0. The van der Waals surface area contributed by atoms with E-state index in [1.165, 1.54) is 7.11 Å². The Morgan fingerprint density at radius 1 is 0.750 bits per heavy atom. The summed E-state index contributed by atoms with van der Waals surface area (Å²) in [5.74, 6) is 0.789. The molecule has 0 aliphatic heterocycles. The summed E-state index contributed by atoms with van der Waals surface area (Å²) < 4.78 is 21.5. The van der Waals surface area contributed by atoms with Crippen molar-refractivity contribution in [1.82, 2.24) is 0 Å². The van der Waals surface area contributed by atoms with Crippen molar-refractivity contribution in [3.63, 3.8) is 0 Å². The highest BCUT2D eigenvalue weighted by molar-refractivity contribution is 5.94.